The van der Waals surface area contributed by atoms with Crippen LogP contribution in [0.4, 0.5) is 0 Å². The Hall–Kier alpha value is -0.800. The summed E-state index contributed by atoms with van der Waals surface area (Å²) < 4.78 is 6.05. The molecule has 1 unspecified atom stereocenters. The molecular weight excluding hydrogens is 248 g/mol. The van der Waals surface area contributed by atoms with Gasteiger partial charge in [0.2, 0.25) is 0 Å². The van der Waals surface area contributed by atoms with Crippen LogP contribution >= 0.6 is 0 Å². The quantitative estimate of drug-likeness (QED) is 0.826. The highest BCUT2D eigenvalue weighted by Crippen LogP contribution is 2.25. The molecule has 3 nitrogen and oxygen atoms in total. The molecule has 2 fully saturated rings. The molecule has 1 aromatic rings. The molecule has 3 rings (SSSR count). The minimum Gasteiger partial charge on any atom is -0.463 e. The summed E-state index contributed by atoms with van der Waals surface area (Å²) in [5.74, 6) is 3.19. The van der Waals surface area contributed by atoms with Crippen LogP contribution in [-0.2, 0) is 13.1 Å². The highest BCUT2D eigenvalue weighted by atomic mass is 16.3. The van der Waals surface area contributed by atoms with Crippen molar-refractivity contribution < 1.29 is 4.42 Å². The van der Waals surface area contributed by atoms with Gasteiger partial charge in [-0.05, 0) is 56.7 Å². The number of hydrogen-bond acceptors (Lipinski definition) is 3. The van der Waals surface area contributed by atoms with Crippen LogP contribution in [-0.4, -0.2) is 24.0 Å². The molecule has 2 aliphatic rings. The Bertz CT molecular complexity index is 436. The van der Waals surface area contributed by atoms with Gasteiger partial charge in [0.1, 0.15) is 11.5 Å². The van der Waals surface area contributed by atoms with Crippen LogP contribution in [0.1, 0.15) is 56.1 Å². The zero-order valence-corrected chi connectivity index (χ0v) is 13.0. The van der Waals surface area contributed by atoms with E-state index in [4.69, 9.17) is 4.42 Å². The lowest BCUT2D eigenvalue weighted by Gasteiger charge is -2.14. The van der Waals surface area contributed by atoms with E-state index in [2.05, 4.69) is 30.1 Å². The lowest BCUT2D eigenvalue weighted by atomic mass is 10.0. The van der Waals surface area contributed by atoms with Crippen LogP contribution in [0.2, 0.25) is 0 Å². The van der Waals surface area contributed by atoms with Crippen molar-refractivity contribution in [2.24, 2.45) is 5.92 Å². The van der Waals surface area contributed by atoms with Crippen molar-refractivity contribution in [1.29, 1.82) is 0 Å². The van der Waals surface area contributed by atoms with Crippen molar-refractivity contribution in [2.75, 3.05) is 13.1 Å². The van der Waals surface area contributed by atoms with Gasteiger partial charge in [0.05, 0.1) is 13.1 Å². The highest BCUT2D eigenvalue weighted by Gasteiger charge is 2.24. The van der Waals surface area contributed by atoms with Gasteiger partial charge in [0.15, 0.2) is 0 Å². The molecule has 1 atom stereocenters. The fourth-order valence-electron chi connectivity index (χ4n) is 3.29. The molecule has 0 bridgehead atoms. The molecule has 0 radical (unpaired) electrons. The first-order chi connectivity index (χ1) is 9.74. The maximum atomic E-state index is 6.05. The minimum atomic E-state index is 0.747. The first-order valence-corrected chi connectivity index (χ1v) is 8.28. The Morgan fingerprint density at radius 1 is 1.35 bits per heavy atom. The molecule has 0 aromatic carbocycles. The second kappa shape index (κ2) is 6.31. The molecule has 3 heteroatoms. The van der Waals surface area contributed by atoms with Crippen molar-refractivity contribution in [2.45, 2.75) is 65.1 Å². The van der Waals surface area contributed by atoms with Gasteiger partial charge in [-0.1, -0.05) is 13.3 Å². The molecule has 2 heterocycles. The number of nitrogens with one attached hydrogen (secondary N) is 1. The normalized spacial score (nSPS) is 23.6. The maximum absolute atomic E-state index is 6.05. The standard InChI is InChI=1S/C17H28N2O/c1-3-4-14-7-8-19(11-14)12-16-9-13(2)17(20-16)10-18-15-5-6-15/h9,14-15,18H,3-8,10-12H2,1-2H3. The highest BCUT2D eigenvalue weighted by molar-refractivity contribution is 5.20. The molecular formula is C17H28N2O. The van der Waals surface area contributed by atoms with Crippen LogP contribution in [0.3, 0.4) is 0 Å². The Morgan fingerprint density at radius 2 is 2.20 bits per heavy atom. The predicted molar refractivity (Wildman–Crippen MR) is 81.6 cm³/mol. The average Bonchev–Trinajstić information content (AvgIpc) is 3.05. The number of aryl methyl sites for hydroxylation is 1. The smallest absolute Gasteiger partial charge is 0.120 e. The van der Waals surface area contributed by atoms with Crippen molar-refractivity contribution in [3.63, 3.8) is 0 Å². The molecule has 1 aliphatic carbocycles. The molecule has 1 saturated heterocycles. The molecule has 0 amide bonds. The molecule has 112 valence electrons. The fourth-order valence-corrected chi connectivity index (χ4v) is 3.29. The van der Waals surface area contributed by atoms with Crippen molar-refractivity contribution in [1.82, 2.24) is 10.2 Å². The van der Waals surface area contributed by atoms with Crippen LogP contribution < -0.4 is 5.32 Å². The van der Waals surface area contributed by atoms with E-state index in [9.17, 15) is 0 Å². The van der Waals surface area contributed by atoms with Gasteiger partial charge >= 0.3 is 0 Å². The van der Waals surface area contributed by atoms with Crippen molar-refractivity contribution >= 4 is 0 Å². The molecule has 1 aromatic heterocycles. The topological polar surface area (TPSA) is 28.4 Å². The lowest BCUT2D eigenvalue weighted by molar-refractivity contribution is 0.279. The Morgan fingerprint density at radius 3 is 2.95 bits per heavy atom. The summed E-state index contributed by atoms with van der Waals surface area (Å²) in [5.41, 5.74) is 1.30. The summed E-state index contributed by atoms with van der Waals surface area (Å²) in [4.78, 5) is 2.55. The molecule has 1 aliphatic heterocycles. The summed E-state index contributed by atoms with van der Waals surface area (Å²) in [6.45, 7) is 8.83. The van der Waals surface area contributed by atoms with E-state index in [1.54, 1.807) is 0 Å². The summed E-state index contributed by atoms with van der Waals surface area (Å²) in [6.07, 6.45) is 6.72. The number of furan rings is 1. The molecule has 1 N–H and O–H groups in total. The monoisotopic (exact) mass is 276 g/mol. The summed E-state index contributed by atoms with van der Waals surface area (Å²) >= 11 is 0. The summed E-state index contributed by atoms with van der Waals surface area (Å²) in [5, 5.41) is 3.54. The van der Waals surface area contributed by atoms with Gasteiger partial charge in [-0.15, -0.1) is 0 Å². The fraction of sp³-hybridized carbons (Fsp3) is 0.765. The van der Waals surface area contributed by atoms with E-state index in [1.165, 1.54) is 50.8 Å². The van der Waals surface area contributed by atoms with Crippen LogP contribution in [0.15, 0.2) is 10.5 Å². The van der Waals surface area contributed by atoms with E-state index >= 15 is 0 Å². The lowest BCUT2D eigenvalue weighted by Crippen LogP contribution is -2.19. The Balaban J connectivity index is 1.51. The number of nitrogens with zero attached hydrogens (tertiary/aromatic N) is 1. The first kappa shape index (κ1) is 14.2. The summed E-state index contributed by atoms with van der Waals surface area (Å²) in [6, 6.07) is 2.98. The van der Waals surface area contributed by atoms with E-state index in [0.717, 1.165) is 36.6 Å². The van der Waals surface area contributed by atoms with E-state index in [0.29, 0.717) is 0 Å². The van der Waals surface area contributed by atoms with Gasteiger partial charge in [-0.3, -0.25) is 4.90 Å². The van der Waals surface area contributed by atoms with Crippen LogP contribution in [0, 0.1) is 12.8 Å². The number of hydrogen-bond donors (Lipinski definition) is 1. The third kappa shape index (κ3) is 3.64. The van der Waals surface area contributed by atoms with E-state index in [1.807, 2.05) is 0 Å². The Kier molecular flexibility index (Phi) is 4.47. The zero-order chi connectivity index (χ0) is 13.9. The van der Waals surface area contributed by atoms with Crippen molar-refractivity contribution in [3.8, 4) is 0 Å². The van der Waals surface area contributed by atoms with Crippen molar-refractivity contribution in [3.05, 3.63) is 23.2 Å². The van der Waals surface area contributed by atoms with Gasteiger partial charge in [0.25, 0.3) is 0 Å². The number of likely N-dealkylation sites (tertiary alicyclic amines) is 1. The average molecular weight is 276 g/mol. The van der Waals surface area contributed by atoms with Gasteiger partial charge in [-0.2, -0.15) is 0 Å². The zero-order valence-electron chi connectivity index (χ0n) is 13.0. The molecule has 20 heavy (non-hydrogen) atoms. The largest absolute Gasteiger partial charge is 0.463 e. The second-order valence-electron chi connectivity index (χ2n) is 6.65. The SMILES string of the molecule is CCCC1CCN(Cc2cc(C)c(CNC3CC3)o2)C1. The Labute approximate surface area is 122 Å². The van der Waals surface area contributed by atoms with Gasteiger partial charge in [-0.25, -0.2) is 0 Å². The molecule has 0 spiro atoms. The second-order valence-corrected chi connectivity index (χ2v) is 6.65. The van der Waals surface area contributed by atoms with Crippen LogP contribution in [0.5, 0.6) is 0 Å². The predicted octanol–water partition coefficient (Wildman–Crippen LogP) is 3.46. The third-order valence-corrected chi connectivity index (χ3v) is 4.65. The van der Waals surface area contributed by atoms with Gasteiger partial charge < -0.3 is 9.73 Å². The van der Waals surface area contributed by atoms with Gasteiger partial charge in [0, 0.05) is 12.6 Å². The first-order valence-electron chi connectivity index (χ1n) is 8.28. The third-order valence-electron chi connectivity index (χ3n) is 4.65. The molecule has 1 saturated carbocycles. The minimum absolute atomic E-state index is 0.747. The van der Waals surface area contributed by atoms with E-state index in [-0.39, 0.29) is 0 Å². The summed E-state index contributed by atoms with van der Waals surface area (Å²) in [7, 11) is 0. The van der Waals surface area contributed by atoms with E-state index < -0.39 is 0 Å². The number of rotatable bonds is 7. The van der Waals surface area contributed by atoms with Crippen LogP contribution in [0.25, 0.3) is 0 Å². The maximum Gasteiger partial charge on any atom is 0.120 e.